The van der Waals surface area contributed by atoms with Crippen LogP contribution in [-0.4, -0.2) is 45.8 Å². The second kappa shape index (κ2) is 6.37. The SMILES string of the molecule is CCCC(C)N(C)CCNS(C)(=O)=O. The quantitative estimate of drug-likeness (QED) is 0.688. The van der Waals surface area contributed by atoms with Crippen molar-refractivity contribution in [3.8, 4) is 0 Å². The average molecular weight is 222 g/mol. The highest BCUT2D eigenvalue weighted by molar-refractivity contribution is 7.88. The Hall–Kier alpha value is -0.130. The first-order valence-electron chi connectivity index (χ1n) is 5.01. The van der Waals surface area contributed by atoms with Gasteiger partial charge in [-0.05, 0) is 20.4 Å². The molecule has 0 aromatic rings. The molecule has 0 aliphatic rings. The van der Waals surface area contributed by atoms with Crippen LogP contribution in [0, 0.1) is 0 Å². The number of nitrogens with zero attached hydrogens (tertiary/aromatic N) is 1. The topological polar surface area (TPSA) is 49.4 Å². The van der Waals surface area contributed by atoms with Crippen LogP contribution in [0.4, 0.5) is 0 Å². The van der Waals surface area contributed by atoms with E-state index in [0.717, 1.165) is 19.4 Å². The molecule has 0 aliphatic heterocycles. The molecule has 0 saturated carbocycles. The van der Waals surface area contributed by atoms with Crippen LogP contribution in [0.2, 0.25) is 0 Å². The number of hydrogen-bond acceptors (Lipinski definition) is 3. The summed E-state index contributed by atoms with van der Waals surface area (Å²) in [6, 6.07) is 0.515. The fraction of sp³-hybridized carbons (Fsp3) is 1.00. The molecule has 0 aliphatic carbocycles. The third-order valence-corrected chi connectivity index (χ3v) is 3.02. The van der Waals surface area contributed by atoms with Crippen LogP contribution in [0.25, 0.3) is 0 Å². The minimum absolute atomic E-state index is 0.489. The van der Waals surface area contributed by atoms with Gasteiger partial charge in [-0.15, -0.1) is 0 Å². The molecule has 0 rings (SSSR count). The molecular weight excluding hydrogens is 200 g/mol. The molecule has 4 nitrogen and oxygen atoms in total. The molecule has 5 heteroatoms. The Labute approximate surface area is 87.7 Å². The molecule has 1 unspecified atom stereocenters. The predicted octanol–water partition coefficient (Wildman–Crippen LogP) is 0.656. The van der Waals surface area contributed by atoms with Crippen molar-refractivity contribution in [2.75, 3.05) is 26.4 Å². The first-order chi connectivity index (χ1) is 6.37. The maximum atomic E-state index is 10.8. The van der Waals surface area contributed by atoms with Gasteiger partial charge in [-0.3, -0.25) is 0 Å². The zero-order chi connectivity index (χ0) is 11.2. The summed E-state index contributed by atoms with van der Waals surface area (Å²) in [4.78, 5) is 2.17. The zero-order valence-electron chi connectivity index (χ0n) is 9.58. The third kappa shape index (κ3) is 7.29. The first-order valence-corrected chi connectivity index (χ1v) is 6.91. The summed E-state index contributed by atoms with van der Waals surface area (Å²) in [6.07, 6.45) is 3.49. The van der Waals surface area contributed by atoms with Gasteiger partial charge < -0.3 is 4.90 Å². The Kier molecular flexibility index (Phi) is 6.31. The number of likely N-dealkylation sites (N-methyl/N-ethyl adjacent to an activating group) is 1. The number of nitrogens with one attached hydrogen (secondary N) is 1. The summed E-state index contributed by atoms with van der Waals surface area (Å²) in [6.45, 7) is 5.56. The Balaban J connectivity index is 3.68. The number of sulfonamides is 1. The molecule has 0 aromatic heterocycles. The van der Waals surface area contributed by atoms with Crippen LogP contribution in [-0.2, 0) is 10.0 Å². The molecule has 1 atom stereocenters. The monoisotopic (exact) mass is 222 g/mol. The van der Waals surface area contributed by atoms with E-state index in [9.17, 15) is 8.42 Å². The van der Waals surface area contributed by atoms with Crippen LogP contribution in [0.5, 0.6) is 0 Å². The van der Waals surface area contributed by atoms with Gasteiger partial charge in [-0.25, -0.2) is 13.1 Å². The fourth-order valence-electron chi connectivity index (χ4n) is 1.27. The summed E-state index contributed by atoms with van der Waals surface area (Å²) in [7, 11) is -1.02. The van der Waals surface area contributed by atoms with Crippen molar-refractivity contribution in [3.63, 3.8) is 0 Å². The second-order valence-electron chi connectivity index (χ2n) is 3.78. The zero-order valence-corrected chi connectivity index (χ0v) is 10.4. The standard InChI is InChI=1S/C9H22N2O2S/c1-5-6-9(2)11(3)8-7-10-14(4,12)13/h9-10H,5-8H2,1-4H3. The normalized spacial score (nSPS) is 14.6. The largest absolute Gasteiger partial charge is 0.302 e. The van der Waals surface area contributed by atoms with Gasteiger partial charge in [0.05, 0.1) is 6.26 Å². The van der Waals surface area contributed by atoms with Gasteiger partial charge >= 0.3 is 0 Å². The molecule has 0 radical (unpaired) electrons. The van der Waals surface area contributed by atoms with Gasteiger partial charge in [-0.2, -0.15) is 0 Å². The van der Waals surface area contributed by atoms with Crippen LogP contribution < -0.4 is 4.72 Å². The lowest BCUT2D eigenvalue weighted by molar-refractivity contribution is 0.249. The number of rotatable bonds is 7. The van der Waals surface area contributed by atoms with E-state index in [1.807, 2.05) is 7.05 Å². The highest BCUT2D eigenvalue weighted by Crippen LogP contribution is 2.02. The molecule has 14 heavy (non-hydrogen) atoms. The summed E-state index contributed by atoms with van der Waals surface area (Å²) in [5, 5.41) is 0. The summed E-state index contributed by atoms with van der Waals surface area (Å²) >= 11 is 0. The Bertz CT molecular complexity index is 239. The Morgan fingerprint density at radius 1 is 1.43 bits per heavy atom. The van der Waals surface area contributed by atoms with Crippen molar-refractivity contribution in [2.24, 2.45) is 0 Å². The van der Waals surface area contributed by atoms with Crippen molar-refractivity contribution < 1.29 is 8.42 Å². The van der Waals surface area contributed by atoms with Crippen molar-refractivity contribution in [2.45, 2.75) is 32.7 Å². The van der Waals surface area contributed by atoms with E-state index < -0.39 is 10.0 Å². The van der Waals surface area contributed by atoms with Gasteiger partial charge in [0.2, 0.25) is 10.0 Å². The van der Waals surface area contributed by atoms with E-state index in [2.05, 4.69) is 23.5 Å². The molecule has 0 fully saturated rings. The van der Waals surface area contributed by atoms with Crippen molar-refractivity contribution >= 4 is 10.0 Å². The second-order valence-corrected chi connectivity index (χ2v) is 5.62. The smallest absolute Gasteiger partial charge is 0.208 e. The van der Waals surface area contributed by atoms with Crippen LogP contribution in [0.1, 0.15) is 26.7 Å². The summed E-state index contributed by atoms with van der Waals surface area (Å²) < 4.78 is 24.0. The molecule has 0 heterocycles. The van der Waals surface area contributed by atoms with Crippen LogP contribution in [0.3, 0.4) is 0 Å². The van der Waals surface area contributed by atoms with Crippen molar-refractivity contribution in [1.82, 2.24) is 9.62 Å². The summed E-state index contributed by atoms with van der Waals surface area (Å²) in [5.74, 6) is 0. The van der Waals surface area contributed by atoms with E-state index in [1.165, 1.54) is 6.26 Å². The molecule has 0 aromatic carbocycles. The highest BCUT2D eigenvalue weighted by atomic mass is 32.2. The van der Waals surface area contributed by atoms with Gasteiger partial charge in [-0.1, -0.05) is 13.3 Å². The molecule has 0 saturated heterocycles. The van der Waals surface area contributed by atoms with Gasteiger partial charge in [0.15, 0.2) is 0 Å². The minimum atomic E-state index is -3.03. The first kappa shape index (κ1) is 13.9. The molecule has 86 valence electrons. The van der Waals surface area contributed by atoms with E-state index in [4.69, 9.17) is 0 Å². The van der Waals surface area contributed by atoms with E-state index in [0.29, 0.717) is 12.6 Å². The third-order valence-electron chi connectivity index (χ3n) is 2.29. The van der Waals surface area contributed by atoms with Crippen molar-refractivity contribution in [3.05, 3.63) is 0 Å². The van der Waals surface area contributed by atoms with E-state index in [1.54, 1.807) is 0 Å². The predicted molar refractivity (Wildman–Crippen MR) is 59.8 cm³/mol. The lowest BCUT2D eigenvalue weighted by atomic mass is 10.2. The fourth-order valence-corrected chi connectivity index (χ4v) is 1.73. The van der Waals surface area contributed by atoms with E-state index >= 15 is 0 Å². The van der Waals surface area contributed by atoms with Gasteiger partial charge in [0.25, 0.3) is 0 Å². The maximum absolute atomic E-state index is 10.8. The molecular formula is C9H22N2O2S. The summed E-state index contributed by atoms with van der Waals surface area (Å²) in [5.41, 5.74) is 0. The highest BCUT2D eigenvalue weighted by Gasteiger charge is 2.08. The van der Waals surface area contributed by atoms with Crippen LogP contribution in [0.15, 0.2) is 0 Å². The Morgan fingerprint density at radius 3 is 2.43 bits per heavy atom. The lowest BCUT2D eigenvalue weighted by Crippen LogP contribution is -2.36. The van der Waals surface area contributed by atoms with Gasteiger partial charge in [0, 0.05) is 19.1 Å². The molecule has 1 N–H and O–H groups in total. The number of hydrogen-bond donors (Lipinski definition) is 1. The molecule has 0 bridgehead atoms. The van der Waals surface area contributed by atoms with Gasteiger partial charge in [0.1, 0.15) is 0 Å². The van der Waals surface area contributed by atoms with E-state index in [-0.39, 0.29) is 0 Å². The minimum Gasteiger partial charge on any atom is -0.302 e. The Morgan fingerprint density at radius 2 is 2.00 bits per heavy atom. The van der Waals surface area contributed by atoms with Crippen molar-refractivity contribution in [1.29, 1.82) is 0 Å². The molecule has 0 amide bonds. The average Bonchev–Trinajstić information content (AvgIpc) is 2.02. The van der Waals surface area contributed by atoms with Crippen LogP contribution >= 0.6 is 0 Å². The molecule has 0 spiro atoms. The maximum Gasteiger partial charge on any atom is 0.208 e. The lowest BCUT2D eigenvalue weighted by Gasteiger charge is -2.24.